The molecule has 3 atom stereocenters. The Hall–Kier alpha value is -1.06. The summed E-state index contributed by atoms with van der Waals surface area (Å²) in [6, 6.07) is 6.92. The summed E-state index contributed by atoms with van der Waals surface area (Å²) in [4.78, 5) is 2.67. The van der Waals surface area contributed by atoms with Crippen LogP contribution < -0.4 is 4.74 Å². The number of hydrogen-bond acceptors (Lipinski definition) is 3. The maximum Gasteiger partial charge on any atom is 0.119 e. The van der Waals surface area contributed by atoms with E-state index < -0.39 is 5.60 Å². The van der Waals surface area contributed by atoms with Crippen molar-refractivity contribution in [3.05, 3.63) is 29.3 Å². The van der Waals surface area contributed by atoms with Gasteiger partial charge >= 0.3 is 0 Å². The second kappa shape index (κ2) is 5.72. The molecule has 4 aliphatic rings. The van der Waals surface area contributed by atoms with Crippen molar-refractivity contribution in [2.45, 2.75) is 74.8 Å². The third kappa shape index (κ3) is 2.18. The van der Waals surface area contributed by atoms with Crippen molar-refractivity contribution in [2.24, 2.45) is 5.92 Å². The molecule has 2 saturated carbocycles. The van der Waals surface area contributed by atoms with Gasteiger partial charge in [0.15, 0.2) is 0 Å². The van der Waals surface area contributed by atoms with E-state index in [1.54, 1.807) is 7.11 Å². The van der Waals surface area contributed by atoms with Crippen molar-refractivity contribution in [1.29, 1.82) is 0 Å². The van der Waals surface area contributed by atoms with Gasteiger partial charge in [-0.2, -0.15) is 0 Å². The Labute approximate surface area is 151 Å². The monoisotopic (exact) mass is 341 g/mol. The first-order valence-corrected chi connectivity index (χ1v) is 10.3. The van der Waals surface area contributed by atoms with Crippen LogP contribution >= 0.6 is 0 Å². The van der Waals surface area contributed by atoms with Crippen molar-refractivity contribution in [3.8, 4) is 5.75 Å². The van der Waals surface area contributed by atoms with Crippen molar-refractivity contribution >= 4 is 0 Å². The molecule has 0 radical (unpaired) electrons. The molecule has 1 N–H and O–H groups in total. The zero-order valence-corrected chi connectivity index (χ0v) is 15.5. The predicted molar refractivity (Wildman–Crippen MR) is 99.1 cm³/mol. The first kappa shape index (κ1) is 16.1. The lowest BCUT2D eigenvalue weighted by Crippen LogP contribution is -2.72. The van der Waals surface area contributed by atoms with Gasteiger partial charge in [0.25, 0.3) is 0 Å². The van der Waals surface area contributed by atoms with E-state index in [4.69, 9.17) is 4.74 Å². The van der Waals surface area contributed by atoms with Crippen LogP contribution in [0.4, 0.5) is 0 Å². The minimum absolute atomic E-state index is 0.0475. The SMILES string of the molecule is COc1ccc2c(c1)C13CCCCC1(O)C(C2)N(CC1CCC1)CC3. The van der Waals surface area contributed by atoms with Crippen LogP contribution in [0.2, 0.25) is 0 Å². The van der Waals surface area contributed by atoms with E-state index in [9.17, 15) is 5.11 Å². The lowest BCUT2D eigenvalue weighted by atomic mass is 9.49. The van der Waals surface area contributed by atoms with E-state index >= 15 is 0 Å². The summed E-state index contributed by atoms with van der Waals surface area (Å²) in [5.41, 5.74) is 2.25. The van der Waals surface area contributed by atoms with Crippen LogP contribution in [0.3, 0.4) is 0 Å². The van der Waals surface area contributed by atoms with Crippen LogP contribution in [-0.4, -0.2) is 41.8 Å². The smallest absolute Gasteiger partial charge is 0.119 e. The first-order valence-electron chi connectivity index (χ1n) is 10.3. The molecule has 1 aromatic rings. The van der Waals surface area contributed by atoms with Crippen molar-refractivity contribution in [1.82, 2.24) is 4.90 Å². The average molecular weight is 341 g/mol. The topological polar surface area (TPSA) is 32.7 Å². The second-order valence-corrected chi connectivity index (χ2v) is 9.00. The Morgan fingerprint density at radius 2 is 2.00 bits per heavy atom. The van der Waals surface area contributed by atoms with E-state index in [1.807, 2.05) is 0 Å². The van der Waals surface area contributed by atoms with Gasteiger partial charge in [0, 0.05) is 18.0 Å². The summed E-state index contributed by atoms with van der Waals surface area (Å²) in [5.74, 6) is 1.81. The third-order valence-electron chi connectivity index (χ3n) is 8.02. The van der Waals surface area contributed by atoms with E-state index in [0.717, 1.165) is 43.9 Å². The number of nitrogens with zero attached hydrogens (tertiary/aromatic N) is 1. The van der Waals surface area contributed by atoms with Gasteiger partial charge in [-0.25, -0.2) is 0 Å². The molecule has 0 aromatic heterocycles. The molecular formula is C22H31NO2. The molecule has 1 saturated heterocycles. The summed E-state index contributed by atoms with van der Waals surface area (Å²) >= 11 is 0. The van der Waals surface area contributed by atoms with Crippen LogP contribution in [0, 0.1) is 5.92 Å². The predicted octanol–water partition coefficient (Wildman–Crippen LogP) is 3.67. The number of rotatable bonds is 3. The number of fused-ring (bicyclic) bond motifs is 1. The zero-order valence-electron chi connectivity index (χ0n) is 15.5. The second-order valence-electron chi connectivity index (χ2n) is 9.00. The summed E-state index contributed by atoms with van der Waals surface area (Å²) in [6.07, 6.45) is 10.8. The van der Waals surface area contributed by atoms with Gasteiger partial charge in [-0.3, -0.25) is 4.90 Å². The fourth-order valence-corrected chi connectivity index (χ4v) is 6.44. The van der Waals surface area contributed by atoms with Gasteiger partial charge < -0.3 is 9.84 Å². The van der Waals surface area contributed by atoms with Gasteiger partial charge in [0.05, 0.1) is 12.7 Å². The highest BCUT2D eigenvalue weighted by atomic mass is 16.5. The summed E-state index contributed by atoms with van der Waals surface area (Å²) in [6.45, 7) is 2.36. The van der Waals surface area contributed by atoms with E-state index in [-0.39, 0.29) is 5.41 Å². The average Bonchev–Trinajstić information content (AvgIpc) is 2.59. The Morgan fingerprint density at radius 3 is 2.76 bits per heavy atom. The standard InChI is InChI=1S/C22H31NO2/c1-25-18-8-7-17-13-20-22(24)10-3-2-9-21(22,19(17)14-18)11-12-23(20)15-16-5-4-6-16/h7-8,14,16,20,24H,2-6,9-13,15H2,1H3. The normalized spacial score (nSPS) is 37.8. The highest BCUT2D eigenvalue weighted by molar-refractivity contribution is 5.48. The van der Waals surface area contributed by atoms with Crippen molar-refractivity contribution in [3.63, 3.8) is 0 Å². The lowest BCUT2D eigenvalue weighted by Gasteiger charge is -2.64. The maximum atomic E-state index is 12.1. The molecule has 1 aromatic carbocycles. The number of likely N-dealkylation sites (tertiary alicyclic amines) is 1. The van der Waals surface area contributed by atoms with Crippen LogP contribution in [0.1, 0.15) is 62.5 Å². The maximum absolute atomic E-state index is 12.1. The van der Waals surface area contributed by atoms with Crippen molar-refractivity contribution in [2.75, 3.05) is 20.2 Å². The van der Waals surface area contributed by atoms with E-state index in [1.165, 1.54) is 49.8 Å². The third-order valence-corrected chi connectivity index (χ3v) is 8.02. The number of ether oxygens (including phenoxy) is 1. The number of hydrogen-bond donors (Lipinski definition) is 1. The minimum atomic E-state index is -0.549. The molecule has 25 heavy (non-hydrogen) atoms. The summed E-state index contributed by atoms with van der Waals surface area (Å²) in [7, 11) is 1.75. The van der Waals surface area contributed by atoms with Gasteiger partial charge in [0.2, 0.25) is 0 Å². The number of piperidine rings is 1. The minimum Gasteiger partial charge on any atom is -0.497 e. The Bertz CT molecular complexity index is 670. The molecule has 0 amide bonds. The fraction of sp³-hybridized carbons (Fsp3) is 0.727. The van der Waals surface area contributed by atoms with Crippen molar-refractivity contribution < 1.29 is 9.84 Å². The van der Waals surface area contributed by atoms with Gasteiger partial charge in [-0.05, 0) is 74.2 Å². The van der Waals surface area contributed by atoms with E-state index in [0.29, 0.717) is 6.04 Å². The fourth-order valence-electron chi connectivity index (χ4n) is 6.44. The Balaban J connectivity index is 1.58. The molecule has 5 rings (SSSR count). The molecule has 136 valence electrons. The molecule has 3 nitrogen and oxygen atoms in total. The molecule has 1 heterocycles. The zero-order chi connectivity index (χ0) is 17.1. The summed E-state index contributed by atoms with van der Waals surface area (Å²) in [5, 5.41) is 12.1. The molecule has 3 fully saturated rings. The van der Waals surface area contributed by atoms with E-state index in [2.05, 4.69) is 23.1 Å². The lowest BCUT2D eigenvalue weighted by molar-refractivity contribution is -0.169. The number of benzene rings is 1. The molecule has 2 bridgehead atoms. The molecule has 3 aliphatic carbocycles. The summed E-state index contributed by atoms with van der Waals surface area (Å²) < 4.78 is 5.53. The van der Waals surface area contributed by atoms with Gasteiger partial charge in [-0.15, -0.1) is 0 Å². The van der Waals surface area contributed by atoms with Gasteiger partial charge in [-0.1, -0.05) is 25.3 Å². The first-order chi connectivity index (χ1) is 12.2. The van der Waals surface area contributed by atoms with Crippen LogP contribution in [-0.2, 0) is 11.8 Å². The van der Waals surface area contributed by atoms with Crippen LogP contribution in [0.15, 0.2) is 18.2 Å². The Morgan fingerprint density at radius 1 is 1.16 bits per heavy atom. The number of methoxy groups -OCH3 is 1. The highest BCUT2D eigenvalue weighted by Crippen LogP contribution is 2.58. The largest absolute Gasteiger partial charge is 0.497 e. The molecule has 0 spiro atoms. The quantitative estimate of drug-likeness (QED) is 0.910. The number of aliphatic hydroxyl groups is 1. The molecule has 3 unspecified atom stereocenters. The highest BCUT2D eigenvalue weighted by Gasteiger charge is 2.63. The van der Waals surface area contributed by atoms with Crippen LogP contribution in [0.5, 0.6) is 5.75 Å². The molecule has 1 aliphatic heterocycles. The molecule has 3 heteroatoms. The van der Waals surface area contributed by atoms with Gasteiger partial charge in [0.1, 0.15) is 5.75 Å². The molecular weight excluding hydrogens is 310 g/mol. The van der Waals surface area contributed by atoms with Crippen LogP contribution in [0.25, 0.3) is 0 Å². The Kier molecular flexibility index (Phi) is 3.69.